The molecular weight excluding hydrogens is 397 g/mol. The third kappa shape index (κ3) is 4.71. The number of benzene rings is 1. The van der Waals surface area contributed by atoms with Gasteiger partial charge in [0.25, 0.3) is 0 Å². The van der Waals surface area contributed by atoms with Crippen LogP contribution in [-0.4, -0.2) is 17.1 Å². The van der Waals surface area contributed by atoms with Crippen LogP contribution in [-0.2, 0) is 0 Å². The van der Waals surface area contributed by atoms with E-state index < -0.39 is 0 Å². The Bertz CT molecular complexity index is 412. The van der Waals surface area contributed by atoms with Gasteiger partial charge in [0.2, 0.25) is 0 Å². The predicted octanol–water partition coefficient (Wildman–Crippen LogP) is 3.38. The first-order chi connectivity index (χ1) is 8.06. The summed E-state index contributed by atoms with van der Waals surface area (Å²) in [7, 11) is 0. The second kappa shape index (κ2) is 7.05. The van der Waals surface area contributed by atoms with E-state index in [2.05, 4.69) is 62.0 Å². The van der Waals surface area contributed by atoms with E-state index in [-0.39, 0.29) is 11.9 Å². The Hall–Kier alpha value is -0.500. The maximum atomic E-state index is 8.55. The van der Waals surface area contributed by atoms with E-state index in [1.165, 1.54) is 0 Å². The molecular formula is C11H15BrIN3O. The van der Waals surface area contributed by atoms with Crippen LogP contribution in [0.3, 0.4) is 0 Å². The molecule has 1 rings (SSSR count). The lowest BCUT2D eigenvalue weighted by molar-refractivity contribution is 0.316. The summed E-state index contributed by atoms with van der Waals surface area (Å²) < 4.78 is 2.22. The SMILES string of the molecule is CCC(C/C(N)=N/O)Nc1ccc(Br)c(I)c1. The third-order valence-electron chi connectivity index (χ3n) is 2.37. The number of amidine groups is 1. The molecule has 0 aliphatic rings. The van der Waals surface area contributed by atoms with Crippen LogP contribution in [0.15, 0.2) is 27.8 Å². The average molecular weight is 412 g/mol. The summed E-state index contributed by atoms with van der Waals surface area (Å²) in [6.45, 7) is 2.06. The van der Waals surface area contributed by atoms with Gasteiger partial charge in [0.05, 0.1) is 0 Å². The summed E-state index contributed by atoms with van der Waals surface area (Å²) in [6, 6.07) is 6.23. The van der Waals surface area contributed by atoms with Crippen molar-refractivity contribution in [2.45, 2.75) is 25.8 Å². The monoisotopic (exact) mass is 411 g/mol. The Balaban J connectivity index is 2.70. The van der Waals surface area contributed by atoms with Gasteiger partial charge in [-0.05, 0) is 63.1 Å². The van der Waals surface area contributed by atoms with Gasteiger partial charge < -0.3 is 16.3 Å². The van der Waals surface area contributed by atoms with Crippen LogP contribution in [0, 0.1) is 3.57 Å². The van der Waals surface area contributed by atoms with Gasteiger partial charge in [-0.1, -0.05) is 12.1 Å². The van der Waals surface area contributed by atoms with E-state index in [1.807, 2.05) is 12.1 Å². The van der Waals surface area contributed by atoms with Crippen molar-refractivity contribution in [3.05, 3.63) is 26.2 Å². The van der Waals surface area contributed by atoms with E-state index in [1.54, 1.807) is 0 Å². The molecule has 4 nitrogen and oxygen atoms in total. The Morgan fingerprint density at radius 1 is 1.65 bits per heavy atom. The largest absolute Gasteiger partial charge is 0.409 e. The molecule has 0 spiro atoms. The number of nitrogens with two attached hydrogens (primary N) is 1. The van der Waals surface area contributed by atoms with Gasteiger partial charge >= 0.3 is 0 Å². The number of oxime groups is 1. The molecule has 0 heterocycles. The Labute approximate surface area is 123 Å². The zero-order valence-corrected chi connectivity index (χ0v) is 13.2. The Kier molecular flexibility index (Phi) is 6.04. The average Bonchev–Trinajstić information content (AvgIpc) is 2.32. The van der Waals surface area contributed by atoms with Crippen molar-refractivity contribution in [2.24, 2.45) is 10.9 Å². The molecule has 94 valence electrons. The minimum absolute atomic E-state index is 0.169. The summed E-state index contributed by atoms with van der Waals surface area (Å²) in [4.78, 5) is 0. The van der Waals surface area contributed by atoms with Gasteiger partial charge in [-0.3, -0.25) is 0 Å². The second-order valence-electron chi connectivity index (χ2n) is 3.67. The van der Waals surface area contributed by atoms with Crippen molar-refractivity contribution in [3.63, 3.8) is 0 Å². The second-order valence-corrected chi connectivity index (χ2v) is 5.69. The molecule has 0 aliphatic heterocycles. The predicted molar refractivity (Wildman–Crippen MR) is 82.6 cm³/mol. The third-order valence-corrected chi connectivity index (χ3v) is 4.69. The van der Waals surface area contributed by atoms with Gasteiger partial charge in [0, 0.05) is 26.2 Å². The smallest absolute Gasteiger partial charge is 0.141 e. The van der Waals surface area contributed by atoms with Crippen molar-refractivity contribution < 1.29 is 5.21 Å². The highest BCUT2D eigenvalue weighted by Crippen LogP contribution is 2.23. The molecule has 1 atom stereocenters. The Morgan fingerprint density at radius 2 is 2.35 bits per heavy atom. The lowest BCUT2D eigenvalue weighted by atomic mass is 10.1. The van der Waals surface area contributed by atoms with Gasteiger partial charge in [-0.25, -0.2) is 0 Å². The maximum absolute atomic E-state index is 8.55. The lowest BCUT2D eigenvalue weighted by Gasteiger charge is -2.17. The summed E-state index contributed by atoms with van der Waals surface area (Å²) in [5.41, 5.74) is 6.55. The molecule has 0 aliphatic carbocycles. The highest BCUT2D eigenvalue weighted by atomic mass is 127. The number of halogens is 2. The normalized spacial score (nSPS) is 13.5. The molecule has 0 saturated carbocycles. The molecule has 0 amide bonds. The van der Waals surface area contributed by atoms with Gasteiger partial charge in [0.15, 0.2) is 0 Å². The first-order valence-electron chi connectivity index (χ1n) is 5.24. The van der Waals surface area contributed by atoms with E-state index in [0.29, 0.717) is 6.42 Å². The zero-order chi connectivity index (χ0) is 12.8. The van der Waals surface area contributed by atoms with E-state index in [0.717, 1.165) is 20.2 Å². The van der Waals surface area contributed by atoms with E-state index in [4.69, 9.17) is 10.9 Å². The zero-order valence-electron chi connectivity index (χ0n) is 9.45. The van der Waals surface area contributed by atoms with Crippen molar-refractivity contribution >= 4 is 50.0 Å². The first kappa shape index (κ1) is 14.6. The van der Waals surface area contributed by atoms with Crippen LogP contribution in [0.1, 0.15) is 19.8 Å². The summed E-state index contributed by atoms with van der Waals surface area (Å²) in [5, 5.41) is 14.9. The number of nitrogens with one attached hydrogen (secondary N) is 1. The molecule has 0 aromatic heterocycles. The Morgan fingerprint density at radius 3 is 2.88 bits per heavy atom. The van der Waals surface area contributed by atoms with Gasteiger partial charge in [-0.2, -0.15) is 0 Å². The van der Waals surface area contributed by atoms with Crippen molar-refractivity contribution in [2.75, 3.05) is 5.32 Å². The number of nitrogens with zero attached hydrogens (tertiary/aromatic N) is 1. The van der Waals surface area contributed by atoms with Crippen LogP contribution in [0.25, 0.3) is 0 Å². The highest BCUT2D eigenvalue weighted by molar-refractivity contribution is 14.1. The van der Waals surface area contributed by atoms with Gasteiger partial charge in [-0.15, -0.1) is 0 Å². The topological polar surface area (TPSA) is 70.6 Å². The van der Waals surface area contributed by atoms with Crippen LogP contribution >= 0.6 is 38.5 Å². The fourth-order valence-electron chi connectivity index (χ4n) is 1.41. The molecule has 0 bridgehead atoms. The van der Waals surface area contributed by atoms with Crippen LogP contribution < -0.4 is 11.1 Å². The minimum Gasteiger partial charge on any atom is -0.409 e. The molecule has 1 aromatic rings. The minimum atomic E-state index is 0.169. The molecule has 0 fully saturated rings. The standard InChI is InChI=1S/C11H15BrIN3O/c1-2-7(6-11(14)16-17)15-8-3-4-9(12)10(13)5-8/h3-5,7,15,17H,2,6H2,1H3,(H2,14,16). The van der Waals surface area contributed by atoms with Crippen LogP contribution in [0.4, 0.5) is 5.69 Å². The number of hydrogen-bond donors (Lipinski definition) is 3. The molecule has 4 N–H and O–H groups in total. The lowest BCUT2D eigenvalue weighted by Crippen LogP contribution is -2.26. The number of anilines is 1. The van der Waals surface area contributed by atoms with Crippen LogP contribution in [0.5, 0.6) is 0 Å². The maximum Gasteiger partial charge on any atom is 0.141 e. The first-order valence-corrected chi connectivity index (χ1v) is 7.12. The quantitative estimate of drug-likeness (QED) is 0.228. The molecule has 6 heteroatoms. The van der Waals surface area contributed by atoms with Crippen molar-refractivity contribution in [1.82, 2.24) is 0 Å². The molecule has 17 heavy (non-hydrogen) atoms. The number of hydrogen-bond acceptors (Lipinski definition) is 3. The van der Waals surface area contributed by atoms with Crippen molar-refractivity contribution in [3.8, 4) is 0 Å². The van der Waals surface area contributed by atoms with Gasteiger partial charge in [0.1, 0.15) is 5.84 Å². The van der Waals surface area contributed by atoms with Crippen molar-refractivity contribution in [1.29, 1.82) is 0 Å². The van der Waals surface area contributed by atoms with E-state index in [9.17, 15) is 0 Å². The highest BCUT2D eigenvalue weighted by Gasteiger charge is 2.09. The molecule has 0 radical (unpaired) electrons. The summed E-state index contributed by atoms with van der Waals surface area (Å²) in [6.07, 6.45) is 1.43. The van der Waals surface area contributed by atoms with Crippen LogP contribution in [0.2, 0.25) is 0 Å². The fraction of sp³-hybridized carbons (Fsp3) is 0.364. The number of rotatable bonds is 5. The summed E-state index contributed by atoms with van der Waals surface area (Å²) >= 11 is 5.72. The molecule has 1 aromatic carbocycles. The molecule has 1 unspecified atom stereocenters. The molecule has 0 saturated heterocycles. The van der Waals surface area contributed by atoms with E-state index >= 15 is 0 Å². The fourth-order valence-corrected chi connectivity index (χ4v) is 2.17. The summed E-state index contributed by atoms with van der Waals surface area (Å²) in [5.74, 6) is 0.246.